The zero-order valence-corrected chi connectivity index (χ0v) is 24.7. The van der Waals surface area contributed by atoms with Crippen LogP contribution in [0, 0.1) is 17.6 Å². The molecule has 12 heteroatoms. The van der Waals surface area contributed by atoms with E-state index < -0.39 is 23.0 Å². The standard InChI is InChI=1S/C32H32F2N6O4/c1-35-23-10-22(33)28(34)26-18(23)9-24-27(26)29(40-5-4-16-13-39(6-7-44-3)15-25(16)40)20(12-36-24)17-8-19-30(41)21(32(42)43)14-38(2)31(19)37-11-17/h8,10-12,14,16,25,35H,4-7,9,13,15H2,1-3H3,(H,42,43)/t16-,25?/m0/s1. The second-order valence-electron chi connectivity index (χ2n) is 11.8. The fourth-order valence-corrected chi connectivity index (χ4v) is 7.34. The molecule has 228 valence electrons. The normalized spacial score (nSPS) is 19.0. The summed E-state index contributed by atoms with van der Waals surface area (Å²) in [6.45, 7) is 3.85. The van der Waals surface area contributed by atoms with Crippen molar-refractivity contribution in [2.45, 2.75) is 18.9 Å². The van der Waals surface area contributed by atoms with Gasteiger partial charge in [0.05, 0.1) is 23.4 Å². The molecule has 0 amide bonds. The number of pyridine rings is 3. The molecule has 7 rings (SSSR count). The number of nitrogens with one attached hydrogen (secondary N) is 1. The molecule has 0 bridgehead atoms. The zero-order chi connectivity index (χ0) is 30.9. The van der Waals surface area contributed by atoms with Crippen LogP contribution in [0.1, 0.15) is 28.0 Å². The predicted octanol–water partition coefficient (Wildman–Crippen LogP) is 3.74. The summed E-state index contributed by atoms with van der Waals surface area (Å²) in [5.41, 5.74) is 3.78. The van der Waals surface area contributed by atoms with E-state index in [1.54, 1.807) is 39.7 Å². The minimum absolute atomic E-state index is 0.126. The van der Waals surface area contributed by atoms with Crippen LogP contribution in [-0.2, 0) is 18.2 Å². The van der Waals surface area contributed by atoms with Crippen LogP contribution >= 0.6 is 0 Å². The lowest BCUT2D eigenvalue weighted by Crippen LogP contribution is -2.36. The maximum absolute atomic E-state index is 15.8. The number of aromatic nitrogens is 3. The first-order chi connectivity index (χ1) is 21.2. The number of carboxylic acids is 1. The molecule has 2 aliphatic heterocycles. The van der Waals surface area contributed by atoms with Gasteiger partial charge in [0.25, 0.3) is 0 Å². The number of aromatic carboxylic acids is 1. The van der Waals surface area contributed by atoms with Crippen LogP contribution in [0.25, 0.3) is 33.3 Å². The van der Waals surface area contributed by atoms with Crippen LogP contribution in [0.5, 0.6) is 0 Å². The quantitative estimate of drug-likeness (QED) is 0.288. The lowest BCUT2D eigenvalue weighted by Gasteiger charge is -2.31. The van der Waals surface area contributed by atoms with Crippen molar-refractivity contribution in [2.24, 2.45) is 13.0 Å². The molecule has 2 saturated heterocycles. The number of ether oxygens (including phenoxy) is 1. The van der Waals surface area contributed by atoms with Crippen LogP contribution in [0.4, 0.5) is 20.2 Å². The number of benzene rings is 1. The van der Waals surface area contributed by atoms with Gasteiger partial charge >= 0.3 is 5.97 Å². The number of hydrogen-bond acceptors (Lipinski definition) is 8. The van der Waals surface area contributed by atoms with Gasteiger partial charge in [0.2, 0.25) is 5.43 Å². The number of carboxylic acid groups (broad SMARTS) is 1. The highest BCUT2D eigenvalue weighted by Gasteiger charge is 2.44. The molecule has 44 heavy (non-hydrogen) atoms. The van der Waals surface area contributed by atoms with Crippen molar-refractivity contribution in [3.05, 3.63) is 69.4 Å². The third kappa shape index (κ3) is 4.27. The Hall–Kier alpha value is -4.42. The van der Waals surface area contributed by atoms with Gasteiger partial charge in [-0.3, -0.25) is 14.7 Å². The van der Waals surface area contributed by atoms with Crippen molar-refractivity contribution >= 4 is 28.4 Å². The second kappa shape index (κ2) is 10.6. The van der Waals surface area contributed by atoms with Gasteiger partial charge in [0, 0.05) is 112 Å². The minimum atomic E-state index is -1.32. The largest absolute Gasteiger partial charge is 0.477 e. The van der Waals surface area contributed by atoms with Gasteiger partial charge < -0.3 is 24.6 Å². The van der Waals surface area contributed by atoms with Gasteiger partial charge in [-0.1, -0.05) is 0 Å². The van der Waals surface area contributed by atoms with E-state index in [4.69, 9.17) is 9.72 Å². The average molecular weight is 603 g/mol. The van der Waals surface area contributed by atoms with E-state index in [0.717, 1.165) is 31.7 Å². The first-order valence-electron chi connectivity index (χ1n) is 14.6. The van der Waals surface area contributed by atoms with Gasteiger partial charge in [-0.15, -0.1) is 0 Å². The third-order valence-corrected chi connectivity index (χ3v) is 9.40. The van der Waals surface area contributed by atoms with Crippen molar-refractivity contribution in [3.8, 4) is 22.3 Å². The summed E-state index contributed by atoms with van der Waals surface area (Å²) < 4.78 is 37.7. The number of methoxy groups -OCH3 is 1. The fourth-order valence-electron chi connectivity index (χ4n) is 7.34. The zero-order valence-electron chi connectivity index (χ0n) is 24.7. The monoisotopic (exact) mass is 602 g/mol. The van der Waals surface area contributed by atoms with E-state index >= 15 is 8.78 Å². The summed E-state index contributed by atoms with van der Waals surface area (Å²) in [5.74, 6) is -2.80. The van der Waals surface area contributed by atoms with E-state index in [1.165, 1.54) is 16.8 Å². The van der Waals surface area contributed by atoms with E-state index in [2.05, 4.69) is 20.1 Å². The summed E-state index contributed by atoms with van der Waals surface area (Å²) in [6.07, 6.45) is 5.87. The molecule has 1 unspecified atom stereocenters. The number of carbonyl (C=O) groups is 1. The van der Waals surface area contributed by atoms with Crippen molar-refractivity contribution in [1.82, 2.24) is 19.4 Å². The third-order valence-electron chi connectivity index (χ3n) is 9.40. The van der Waals surface area contributed by atoms with Crippen LogP contribution < -0.4 is 15.6 Å². The molecule has 2 fully saturated rings. The van der Waals surface area contributed by atoms with Crippen LogP contribution in [0.3, 0.4) is 0 Å². The number of aryl methyl sites for hydroxylation is 1. The summed E-state index contributed by atoms with van der Waals surface area (Å²) >= 11 is 0. The Morgan fingerprint density at radius 2 is 2.00 bits per heavy atom. The number of likely N-dealkylation sites (tertiary alicyclic amines) is 1. The molecule has 0 saturated carbocycles. The highest BCUT2D eigenvalue weighted by molar-refractivity contribution is 5.99. The molecule has 1 aromatic carbocycles. The van der Waals surface area contributed by atoms with Crippen molar-refractivity contribution in [1.29, 1.82) is 0 Å². The molecule has 2 atom stereocenters. The highest BCUT2D eigenvalue weighted by Crippen LogP contribution is 2.52. The Labute approximate surface area is 251 Å². The molecule has 3 aromatic heterocycles. The molecule has 3 aliphatic rings. The van der Waals surface area contributed by atoms with Gasteiger partial charge in [0.1, 0.15) is 11.2 Å². The van der Waals surface area contributed by atoms with Crippen LogP contribution in [0.2, 0.25) is 0 Å². The Bertz CT molecular complexity index is 1910. The molecule has 5 heterocycles. The number of fused-ring (bicyclic) bond motifs is 5. The number of hydrogen-bond donors (Lipinski definition) is 2. The molecule has 4 aromatic rings. The van der Waals surface area contributed by atoms with Crippen molar-refractivity contribution in [3.63, 3.8) is 0 Å². The van der Waals surface area contributed by atoms with Crippen LogP contribution in [0.15, 0.2) is 35.5 Å². The molecule has 0 radical (unpaired) electrons. The van der Waals surface area contributed by atoms with E-state index in [9.17, 15) is 14.7 Å². The second-order valence-corrected chi connectivity index (χ2v) is 11.8. The average Bonchev–Trinajstić information content (AvgIpc) is 3.72. The Kier molecular flexibility index (Phi) is 6.85. The summed E-state index contributed by atoms with van der Waals surface area (Å²) in [4.78, 5) is 39.0. The van der Waals surface area contributed by atoms with E-state index in [0.29, 0.717) is 64.8 Å². The number of rotatable bonds is 7. The number of halogens is 2. The molecule has 0 spiro atoms. The van der Waals surface area contributed by atoms with Gasteiger partial charge in [0.15, 0.2) is 11.6 Å². The first kappa shape index (κ1) is 28.4. The Balaban J connectivity index is 1.47. The van der Waals surface area contributed by atoms with Crippen LogP contribution in [-0.4, -0.2) is 83.5 Å². The summed E-state index contributed by atoms with van der Waals surface area (Å²) in [6, 6.07) is 2.94. The lowest BCUT2D eigenvalue weighted by atomic mass is 9.96. The Morgan fingerprint density at radius 3 is 2.75 bits per heavy atom. The van der Waals surface area contributed by atoms with Gasteiger partial charge in [-0.05, 0) is 24.0 Å². The van der Waals surface area contributed by atoms with E-state index in [1.807, 2.05) is 0 Å². The predicted molar refractivity (Wildman–Crippen MR) is 162 cm³/mol. The van der Waals surface area contributed by atoms with E-state index in [-0.39, 0.29) is 22.6 Å². The smallest absolute Gasteiger partial charge is 0.341 e. The molecule has 1 aliphatic carbocycles. The fraction of sp³-hybridized carbons (Fsp3) is 0.375. The molecular weight excluding hydrogens is 570 g/mol. The summed E-state index contributed by atoms with van der Waals surface area (Å²) in [7, 11) is 5.00. The molecular formula is C32H32F2N6O4. The Morgan fingerprint density at radius 1 is 1.18 bits per heavy atom. The summed E-state index contributed by atoms with van der Waals surface area (Å²) in [5, 5.41) is 12.8. The van der Waals surface area contributed by atoms with Gasteiger partial charge in [-0.25, -0.2) is 18.6 Å². The maximum atomic E-state index is 15.8. The maximum Gasteiger partial charge on any atom is 0.341 e. The first-order valence-corrected chi connectivity index (χ1v) is 14.6. The topological polar surface area (TPSA) is 113 Å². The van der Waals surface area contributed by atoms with Gasteiger partial charge in [-0.2, -0.15) is 0 Å². The van der Waals surface area contributed by atoms with Crippen molar-refractivity contribution in [2.75, 3.05) is 57.2 Å². The molecule has 2 N–H and O–H groups in total. The number of nitrogens with zero attached hydrogens (tertiary/aromatic N) is 5. The minimum Gasteiger partial charge on any atom is -0.477 e. The molecule has 10 nitrogen and oxygen atoms in total. The lowest BCUT2D eigenvalue weighted by molar-refractivity contribution is 0.0695. The highest BCUT2D eigenvalue weighted by atomic mass is 19.2. The number of anilines is 2. The SMILES string of the molecule is CNc1cc(F)c(F)c2c1Cc1ncc(-c3cnc4c(c3)c(=O)c(C(=O)O)cn4C)c(N3CC[C@H]4CN(CCOC)CC43)c1-2. The van der Waals surface area contributed by atoms with Crippen molar-refractivity contribution < 1.29 is 23.4 Å².